The minimum Gasteiger partial charge on any atom is -0.395 e. The maximum absolute atomic E-state index is 13.5. The Morgan fingerprint density at radius 3 is 2.48 bits per heavy atom. The number of halogens is 1. The van der Waals surface area contributed by atoms with Crippen LogP contribution in [0.3, 0.4) is 0 Å². The van der Waals surface area contributed by atoms with E-state index < -0.39 is 0 Å². The van der Waals surface area contributed by atoms with Gasteiger partial charge in [0.25, 0.3) is 0 Å². The van der Waals surface area contributed by atoms with Crippen LogP contribution in [0.15, 0.2) is 48.5 Å². The molecule has 1 fully saturated rings. The fourth-order valence-electron chi connectivity index (χ4n) is 2.75. The summed E-state index contributed by atoms with van der Waals surface area (Å²) < 4.78 is 13.5. The monoisotopic (exact) mass is 306 g/mol. The summed E-state index contributed by atoms with van der Waals surface area (Å²) in [5, 5.41) is 21.4. The smallest absolute Gasteiger partial charge is 0.138 e. The van der Waals surface area contributed by atoms with E-state index in [0.717, 1.165) is 11.1 Å². The van der Waals surface area contributed by atoms with Gasteiger partial charge in [0.05, 0.1) is 18.2 Å². The molecule has 0 unspecified atom stereocenters. The lowest BCUT2D eigenvalue weighted by atomic mass is 9.78. The summed E-state index contributed by atoms with van der Waals surface area (Å²) in [6.45, 7) is -0.00229. The Morgan fingerprint density at radius 2 is 1.83 bits per heavy atom. The Labute approximate surface area is 134 Å². The van der Waals surface area contributed by atoms with Gasteiger partial charge in [-0.3, -0.25) is 5.32 Å². The Balaban J connectivity index is 1.78. The summed E-state index contributed by atoms with van der Waals surface area (Å²) in [7, 11) is 0. The van der Waals surface area contributed by atoms with Crippen molar-refractivity contribution in [3.05, 3.63) is 71.0 Å². The first-order valence-corrected chi connectivity index (χ1v) is 7.36. The van der Waals surface area contributed by atoms with Crippen molar-refractivity contribution in [1.82, 2.24) is 5.32 Å². The van der Waals surface area contributed by atoms with Crippen molar-refractivity contribution < 1.29 is 9.50 Å². The lowest BCUT2D eigenvalue weighted by molar-refractivity contribution is 0.151. The second-order valence-electron chi connectivity index (χ2n) is 5.44. The van der Waals surface area contributed by atoms with E-state index in [2.05, 4.69) is 23.2 Å². The number of aliphatic hydroxyl groups excluding tert-OH is 1. The summed E-state index contributed by atoms with van der Waals surface area (Å²) in [5.74, 6) is 5.40. The topological polar surface area (TPSA) is 56.0 Å². The van der Waals surface area contributed by atoms with Crippen LogP contribution in [0.25, 0.3) is 0 Å². The average molecular weight is 306 g/mol. The van der Waals surface area contributed by atoms with Gasteiger partial charge < -0.3 is 5.11 Å². The predicted octanol–water partition coefficient (Wildman–Crippen LogP) is 2.17. The molecule has 0 bridgehead atoms. The van der Waals surface area contributed by atoms with Gasteiger partial charge in [-0.05, 0) is 29.8 Å². The zero-order chi connectivity index (χ0) is 16.2. The van der Waals surface area contributed by atoms with Crippen LogP contribution in [-0.2, 0) is 0 Å². The second kappa shape index (κ2) is 6.62. The van der Waals surface area contributed by atoms with Gasteiger partial charge in [0.1, 0.15) is 11.9 Å². The molecule has 2 aromatic rings. The zero-order valence-corrected chi connectivity index (χ0v) is 12.3. The highest BCUT2D eigenvalue weighted by Crippen LogP contribution is 2.31. The first-order valence-electron chi connectivity index (χ1n) is 7.36. The number of aliphatic hydroxyl groups is 1. The fraction of sp³-hybridized carbons (Fsp3) is 0.211. The Bertz CT molecular complexity index is 799. The van der Waals surface area contributed by atoms with Gasteiger partial charge in [-0.25, -0.2) is 4.39 Å². The molecule has 0 spiro atoms. The van der Waals surface area contributed by atoms with Crippen LogP contribution >= 0.6 is 0 Å². The van der Waals surface area contributed by atoms with Gasteiger partial charge in [-0.2, -0.15) is 5.26 Å². The predicted molar refractivity (Wildman–Crippen MR) is 85.0 cm³/mol. The first-order chi connectivity index (χ1) is 11.2. The molecular weight excluding hydrogens is 291 g/mol. The maximum atomic E-state index is 13.5. The summed E-state index contributed by atoms with van der Waals surface area (Å²) in [5.41, 5.74) is 2.13. The standard InChI is InChI=1S/C19H15FN2O/c20-16-4-2-1-3-14(16)8-5-13-6-9-15(10-7-13)19-17(11-21)22-18(19)12-23/h1-4,6-7,9-10,17-19,22-23H,12H2/t17-,18-,19-/m0/s1. The van der Waals surface area contributed by atoms with Crippen molar-refractivity contribution in [2.24, 2.45) is 0 Å². The molecular formula is C19H15FN2O. The van der Waals surface area contributed by atoms with E-state index >= 15 is 0 Å². The van der Waals surface area contributed by atoms with Gasteiger partial charge in [0.2, 0.25) is 0 Å². The van der Waals surface area contributed by atoms with Crippen LogP contribution in [0.2, 0.25) is 0 Å². The largest absolute Gasteiger partial charge is 0.395 e. The lowest BCUT2D eigenvalue weighted by Gasteiger charge is -2.41. The van der Waals surface area contributed by atoms with E-state index in [9.17, 15) is 9.50 Å². The number of hydrogen-bond acceptors (Lipinski definition) is 3. The Morgan fingerprint density at radius 1 is 1.09 bits per heavy atom. The van der Waals surface area contributed by atoms with E-state index in [1.165, 1.54) is 6.07 Å². The molecule has 114 valence electrons. The molecule has 1 saturated heterocycles. The van der Waals surface area contributed by atoms with Crippen LogP contribution < -0.4 is 5.32 Å². The van der Waals surface area contributed by atoms with Crippen molar-refractivity contribution in [1.29, 1.82) is 5.26 Å². The number of nitrogens with one attached hydrogen (secondary N) is 1. The average Bonchev–Trinajstić information content (AvgIpc) is 2.55. The summed E-state index contributed by atoms with van der Waals surface area (Å²) in [6.07, 6.45) is 0. The van der Waals surface area contributed by atoms with E-state index in [4.69, 9.17) is 5.26 Å². The highest BCUT2D eigenvalue weighted by atomic mass is 19.1. The molecule has 0 radical (unpaired) electrons. The number of benzene rings is 2. The van der Waals surface area contributed by atoms with Crippen LogP contribution in [0.5, 0.6) is 0 Å². The third-order valence-electron chi connectivity index (χ3n) is 4.03. The van der Waals surface area contributed by atoms with Crippen molar-refractivity contribution in [3.63, 3.8) is 0 Å². The van der Waals surface area contributed by atoms with Gasteiger partial charge in [-0.1, -0.05) is 36.1 Å². The normalized spacial score (nSPS) is 22.4. The molecule has 0 saturated carbocycles. The van der Waals surface area contributed by atoms with Gasteiger partial charge >= 0.3 is 0 Å². The van der Waals surface area contributed by atoms with Crippen molar-refractivity contribution in [2.45, 2.75) is 18.0 Å². The van der Waals surface area contributed by atoms with Gasteiger partial charge in [-0.15, -0.1) is 0 Å². The number of nitrogens with zero attached hydrogens (tertiary/aromatic N) is 1. The summed E-state index contributed by atoms with van der Waals surface area (Å²) >= 11 is 0. The minimum absolute atomic E-state index is 0.00229. The zero-order valence-electron chi connectivity index (χ0n) is 12.3. The van der Waals surface area contributed by atoms with Crippen molar-refractivity contribution in [3.8, 4) is 17.9 Å². The summed E-state index contributed by atoms with van der Waals surface area (Å²) in [6, 6.07) is 15.7. The van der Waals surface area contributed by atoms with E-state index in [1.807, 2.05) is 24.3 Å². The number of nitriles is 1. The van der Waals surface area contributed by atoms with E-state index in [1.54, 1.807) is 18.2 Å². The molecule has 3 atom stereocenters. The van der Waals surface area contributed by atoms with Crippen LogP contribution in [0.1, 0.15) is 22.6 Å². The minimum atomic E-state index is -0.334. The molecule has 3 nitrogen and oxygen atoms in total. The fourth-order valence-corrected chi connectivity index (χ4v) is 2.75. The molecule has 1 heterocycles. The van der Waals surface area contributed by atoms with E-state index in [0.29, 0.717) is 5.56 Å². The lowest BCUT2D eigenvalue weighted by Crippen LogP contribution is -2.60. The third kappa shape index (κ3) is 3.10. The molecule has 3 rings (SSSR count). The number of rotatable bonds is 2. The van der Waals surface area contributed by atoms with Gasteiger partial charge in [0, 0.05) is 17.5 Å². The molecule has 0 amide bonds. The second-order valence-corrected chi connectivity index (χ2v) is 5.44. The quantitative estimate of drug-likeness (QED) is 0.836. The summed E-state index contributed by atoms with van der Waals surface area (Å²) in [4.78, 5) is 0. The molecule has 1 aliphatic heterocycles. The molecule has 23 heavy (non-hydrogen) atoms. The first kappa shape index (κ1) is 15.2. The number of hydrogen-bond donors (Lipinski definition) is 2. The van der Waals surface area contributed by atoms with E-state index in [-0.39, 0.29) is 30.4 Å². The molecule has 0 aliphatic carbocycles. The van der Waals surface area contributed by atoms with Crippen molar-refractivity contribution >= 4 is 0 Å². The highest BCUT2D eigenvalue weighted by Gasteiger charge is 2.40. The molecule has 4 heteroatoms. The maximum Gasteiger partial charge on any atom is 0.138 e. The van der Waals surface area contributed by atoms with Crippen LogP contribution in [0, 0.1) is 29.0 Å². The van der Waals surface area contributed by atoms with Gasteiger partial charge in [0.15, 0.2) is 0 Å². The Hall–Kier alpha value is -2.66. The SMILES string of the molecule is N#C[C@@H]1N[C@@H](CO)[C@H]1c1ccc(C#Cc2ccccc2F)cc1. The molecule has 2 aromatic carbocycles. The molecule has 0 aromatic heterocycles. The Kier molecular flexibility index (Phi) is 4.39. The van der Waals surface area contributed by atoms with Crippen molar-refractivity contribution in [2.75, 3.05) is 6.61 Å². The van der Waals surface area contributed by atoms with Crippen LogP contribution in [0.4, 0.5) is 4.39 Å². The van der Waals surface area contributed by atoms with Crippen LogP contribution in [-0.4, -0.2) is 23.8 Å². The third-order valence-corrected chi connectivity index (χ3v) is 4.03. The molecule has 1 aliphatic rings. The highest BCUT2D eigenvalue weighted by molar-refractivity contribution is 5.45. The molecule has 2 N–H and O–H groups in total.